The molecule has 0 spiro atoms. The summed E-state index contributed by atoms with van der Waals surface area (Å²) in [6, 6.07) is 2.16. The van der Waals surface area contributed by atoms with Crippen molar-refractivity contribution in [3.63, 3.8) is 0 Å². The van der Waals surface area contributed by atoms with Gasteiger partial charge in [-0.1, -0.05) is 13.8 Å². The van der Waals surface area contributed by atoms with Crippen molar-refractivity contribution in [1.29, 1.82) is 0 Å². The standard InChI is InChI=1S/C12H16N4S/c1-3-9-7-10(4-2)16(14-9)12-13-11(15-17-12)8-5-6-8/h7-8H,3-6H2,1-2H3. The van der Waals surface area contributed by atoms with Gasteiger partial charge in [0.2, 0.25) is 5.13 Å². The largest absolute Gasteiger partial charge is 0.230 e. The zero-order valence-electron chi connectivity index (χ0n) is 10.2. The van der Waals surface area contributed by atoms with Gasteiger partial charge in [-0.15, -0.1) is 0 Å². The average molecular weight is 248 g/mol. The first-order valence-electron chi connectivity index (χ1n) is 6.23. The third kappa shape index (κ3) is 1.99. The van der Waals surface area contributed by atoms with Gasteiger partial charge >= 0.3 is 0 Å². The number of hydrogen-bond donors (Lipinski definition) is 0. The highest BCUT2D eigenvalue weighted by molar-refractivity contribution is 7.08. The summed E-state index contributed by atoms with van der Waals surface area (Å²) in [7, 11) is 0. The Bertz CT molecular complexity index is 524. The van der Waals surface area contributed by atoms with Crippen molar-refractivity contribution in [1.82, 2.24) is 19.1 Å². The molecular formula is C12H16N4S. The van der Waals surface area contributed by atoms with Gasteiger partial charge in [-0.05, 0) is 31.7 Å². The molecule has 0 bridgehead atoms. The van der Waals surface area contributed by atoms with E-state index in [1.54, 1.807) is 0 Å². The minimum absolute atomic E-state index is 0.617. The first-order chi connectivity index (χ1) is 8.31. The van der Waals surface area contributed by atoms with Crippen LogP contribution < -0.4 is 0 Å². The van der Waals surface area contributed by atoms with E-state index in [0.29, 0.717) is 5.92 Å². The maximum Gasteiger partial charge on any atom is 0.230 e. The lowest BCUT2D eigenvalue weighted by atomic mass is 10.3. The van der Waals surface area contributed by atoms with E-state index in [-0.39, 0.29) is 0 Å². The predicted octanol–water partition coefficient (Wildman–Crippen LogP) is 2.73. The van der Waals surface area contributed by atoms with Gasteiger partial charge in [0.25, 0.3) is 0 Å². The molecule has 1 saturated carbocycles. The summed E-state index contributed by atoms with van der Waals surface area (Å²) in [5.41, 5.74) is 2.35. The number of hydrogen-bond acceptors (Lipinski definition) is 4. The molecule has 5 heteroatoms. The van der Waals surface area contributed by atoms with Crippen LogP contribution in [0.1, 0.15) is 49.8 Å². The molecule has 1 aliphatic rings. The molecule has 0 radical (unpaired) electrons. The molecule has 2 aromatic heterocycles. The van der Waals surface area contributed by atoms with E-state index in [1.165, 1.54) is 30.1 Å². The third-order valence-electron chi connectivity index (χ3n) is 3.11. The molecule has 0 saturated heterocycles. The van der Waals surface area contributed by atoms with Crippen LogP contribution in [0.2, 0.25) is 0 Å². The predicted molar refractivity (Wildman–Crippen MR) is 67.8 cm³/mol. The molecule has 2 heterocycles. The van der Waals surface area contributed by atoms with Crippen LogP contribution in [0.25, 0.3) is 5.13 Å². The number of rotatable bonds is 4. The molecular weight excluding hydrogens is 232 g/mol. The molecule has 1 aliphatic carbocycles. The SMILES string of the molecule is CCc1cc(CC)n(-c2nc(C3CC3)ns2)n1. The van der Waals surface area contributed by atoms with E-state index < -0.39 is 0 Å². The van der Waals surface area contributed by atoms with Crippen LogP contribution in [-0.4, -0.2) is 19.1 Å². The van der Waals surface area contributed by atoms with Gasteiger partial charge < -0.3 is 0 Å². The molecule has 1 fully saturated rings. The van der Waals surface area contributed by atoms with Crippen LogP contribution in [0.5, 0.6) is 0 Å². The van der Waals surface area contributed by atoms with Crippen molar-refractivity contribution in [2.24, 2.45) is 0 Å². The number of nitrogens with zero attached hydrogens (tertiary/aromatic N) is 4. The molecule has 0 aromatic carbocycles. The lowest BCUT2D eigenvalue weighted by molar-refractivity contribution is 0.781. The van der Waals surface area contributed by atoms with Crippen LogP contribution in [-0.2, 0) is 12.8 Å². The lowest BCUT2D eigenvalue weighted by Crippen LogP contribution is -2.01. The quantitative estimate of drug-likeness (QED) is 0.835. The zero-order chi connectivity index (χ0) is 11.8. The smallest absolute Gasteiger partial charge is 0.209 e. The fourth-order valence-electron chi connectivity index (χ4n) is 1.89. The maximum atomic E-state index is 4.61. The van der Waals surface area contributed by atoms with Crippen LogP contribution in [0, 0.1) is 0 Å². The van der Waals surface area contributed by atoms with E-state index >= 15 is 0 Å². The summed E-state index contributed by atoms with van der Waals surface area (Å²) < 4.78 is 6.40. The van der Waals surface area contributed by atoms with E-state index in [9.17, 15) is 0 Å². The van der Waals surface area contributed by atoms with Crippen LogP contribution in [0.4, 0.5) is 0 Å². The van der Waals surface area contributed by atoms with Crippen molar-refractivity contribution in [2.75, 3.05) is 0 Å². The maximum absolute atomic E-state index is 4.61. The summed E-state index contributed by atoms with van der Waals surface area (Å²) in [5.74, 6) is 1.63. The summed E-state index contributed by atoms with van der Waals surface area (Å²) in [6.45, 7) is 4.28. The molecule has 0 atom stereocenters. The van der Waals surface area contributed by atoms with Gasteiger partial charge in [-0.25, -0.2) is 9.67 Å². The van der Waals surface area contributed by atoms with Gasteiger partial charge in [-0.2, -0.15) is 9.47 Å². The summed E-state index contributed by atoms with van der Waals surface area (Å²) in [6.07, 6.45) is 4.44. The molecule has 0 amide bonds. The van der Waals surface area contributed by atoms with Crippen molar-refractivity contribution in [3.05, 3.63) is 23.3 Å². The second kappa shape index (κ2) is 4.22. The first kappa shape index (κ1) is 10.9. The van der Waals surface area contributed by atoms with Crippen LogP contribution in [0.3, 0.4) is 0 Å². The Morgan fingerprint density at radius 3 is 2.82 bits per heavy atom. The Balaban J connectivity index is 1.97. The fraction of sp³-hybridized carbons (Fsp3) is 0.583. The summed E-state index contributed by atoms with van der Waals surface area (Å²) in [5, 5.41) is 5.51. The highest BCUT2D eigenvalue weighted by Gasteiger charge is 2.28. The molecule has 17 heavy (non-hydrogen) atoms. The number of aromatic nitrogens is 4. The van der Waals surface area contributed by atoms with Crippen LogP contribution in [0.15, 0.2) is 6.07 Å². The highest BCUT2D eigenvalue weighted by Crippen LogP contribution is 2.39. The lowest BCUT2D eigenvalue weighted by Gasteiger charge is -1.98. The minimum Gasteiger partial charge on any atom is -0.209 e. The molecule has 0 N–H and O–H groups in total. The summed E-state index contributed by atoms with van der Waals surface area (Å²) in [4.78, 5) is 4.61. The number of aryl methyl sites for hydroxylation is 2. The van der Waals surface area contributed by atoms with Crippen molar-refractivity contribution in [2.45, 2.75) is 45.4 Å². The van der Waals surface area contributed by atoms with Crippen molar-refractivity contribution >= 4 is 11.5 Å². The fourth-order valence-corrected chi connectivity index (χ4v) is 2.62. The summed E-state index contributed by atoms with van der Waals surface area (Å²) >= 11 is 1.46. The van der Waals surface area contributed by atoms with Gasteiger partial charge in [0, 0.05) is 23.1 Å². The topological polar surface area (TPSA) is 43.6 Å². The Hall–Kier alpha value is -1.23. The first-order valence-corrected chi connectivity index (χ1v) is 7.01. The Labute approximate surface area is 105 Å². The third-order valence-corrected chi connectivity index (χ3v) is 3.82. The van der Waals surface area contributed by atoms with Gasteiger partial charge in [-0.3, -0.25) is 0 Å². The normalized spacial score (nSPS) is 15.4. The highest BCUT2D eigenvalue weighted by atomic mass is 32.1. The van der Waals surface area contributed by atoms with Gasteiger partial charge in [0.1, 0.15) is 5.82 Å². The molecule has 0 unspecified atom stereocenters. The van der Waals surface area contributed by atoms with Gasteiger partial charge in [0.15, 0.2) is 0 Å². The van der Waals surface area contributed by atoms with E-state index in [4.69, 9.17) is 0 Å². The van der Waals surface area contributed by atoms with Crippen molar-refractivity contribution < 1.29 is 0 Å². The van der Waals surface area contributed by atoms with Crippen LogP contribution >= 0.6 is 11.5 Å². The van der Waals surface area contributed by atoms with E-state index in [1.807, 2.05) is 4.68 Å². The second-order valence-electron chi connectivity index (χ2n) is 4.46. The zero-order valence-corrected chi connectivity index (χ0v) is 11.0. The van der Waals surface area contributed by atoms with E-state index in [2.05, 4.69) is 34.4 Å². The van der Waals surface area contributed by atoms with Crippen molar-refractivity contribution in [3.8, 4) is 5.13 Å². The molecule has 2 aromatic rings. The Kier molecular flexibility index (Phi) is 2.70. The molecule has 4 nitrogen and oxygen atoms in total. The average Bonchev–Trinajstić information content (AvgIpc) is 2.95. The molecule has 0 aliphatic heterocycles. The van der Waals surface area contributed by atoms with E-state index in [0.717, 1.165) is 29.5 Å². The molecule has 3 rings (SSSR count). The Morgan fingerprint density at radius 1 is 1.35 bits per heavy atom. The molecule has 90 valence electrons. The minimum atomic E-state index is 0.617. The Morgan fingerprint density at radius 2 is 2.18 bits per heavy atom. The second-order valence-corrected chi connectivity index (χ2v) is 5.19. The monoisotopic (exact) mass is 248 g/mol. The van der Waals surface area contributed by atoms with Gasteiger partial charge in [0.05, 0.1) is 5.69 Å².